The Bertz CT molecular complexity index is 954. The van der Waals surface area contributed by atoms with Crippen molar-refractivity contribution in [3.63, 3.8) is 0 Å². The summed E-state index contributed by atoms with van der Waals surface area (Å²) in [6.07, 6.45) is 0.278. The molecule has 0 aliphatic rings. The van der Waals surface area contributed by atoms with Gasteiger partial charge in [0, 0.05) is 21.5 Å². The fraction of sp³-hybridized carbons (Fsp3) is 0.238. The number of carbonyl (C=O) groups excluding carboxylic acids is 1. The Balaban J connectivity index is 2.12. The van der Waals surface area contributed by atoms with E-state index in [2.05, 4.69) is 21.2 Å². The fourth-order valence-corrected chi connectivity index (χ4v) is 3.27. The number of rotatable bonds is 5. The molecule has 0 saturated heterocycles. The molecule has 4 nitrogen and oxygen atoms in total. The summed E-state index contributed by atoms with van der Waals surface area (Å²) in [4.78, 5) is 17.2. The highest BCUT2D eigenvalue weighted by atomic mass is 79.9. The summed E-state index contributed by atoms with van der Waals surface area (Å²) in [5.74, 6) is 0.748. The van der Waals surface area contributed by atoms with Crippen LogP contribution in [0.1, 0.15) is 19.4 Å². The van der Waals surface area contributed by atoms with E-state index in [1.807, 2.05) is 62.4 Å². The predicted molar refractivity (Wildman–Crippen MR) is 108 cm³/mol. The second-order valence-electron chi connectivity index (χ2n) is 6.46. The zero-order valence-corrected chi connectivity index (χ0v) is 16.6. The van der Waals surface area contributed by atoms with Gasteiger partial charge in [0.05, 0.1) is 24.7 Å². The number of halogens is 1. The molecule has 134 valence electrons. The van der Waals surface area contributed by atoms with Crippen LogP contribution in [0.15, 0.2) is 53.0 Å². The molecule has 0 unspecified atom stereocenters. The van der Waals surface area contributed by atoms with Crippen molar-refractivity contribution in [1.29, 1.82) is 0 Å². The quantitative estimate of drug-likeness (QED) is 0.658. The molecule has 3 rings (SSSR count). The molecule has 5 heteroatoms. The van der Waals surface area contributed by atoms with Crippen molar-refractivity contribution >= 4 is 32.7 Å². The lowest BCUT2D eigenvalue weighted by Gasteiger charge is -2.13. The Morgan fingerprint density at radius 1 is 1.19 bits per heavy atom. The maximum absolute atomic E-state index is 12.4. The first kappa shape index (κ1) is 18.4. The lowest BCUT2D eigenvalue weighted by Crippen LogP contribution is -2.31. The average Bonchev–Trinajstić information content (AvgIpc) is 2.60. The maximum Gasteiger partial charge on any atom is 0.224 e. The topological polar surface area (TPSA) is 51.2 Å². The van der Waals surface area contributed by atoms with E-state index >= 15 is 0 Å². The Morgan fingerprint density at radius 3 is 2.73 bits per heavy atom. The Labute approximate surface area is 161 Å². The number of hydrogen-bond acceptors (Lipinski definition) is 3. The van der Waals surface area contributed by atoms with Gasteiger partial charge in [-0.1, -0.05) is 28.1 Å². The molecule has 3 aromatic rings. The molecule has 1 aromatic heterocycles. The molecule has 1 amide bonds. The summed E-state index contributed by atoms with van der Waals surface area (Å²) in [7, 11) is 1.64. The first-order valence-electron chi connectivity index (χ1n) is 8.49. The van der Waals surface area contributed by atoms with Crippen molar-refractivity contribution in [1.82, 2.24) is 10.3 Å². The van der Waals surface area contributed by atoms with Crippen molar-refractivity contribution in [3.05, 3.63) is 58.6 Å². The van der Waals surface area contributed by atoms with Crippen LogP contribution in [0.25, 0.3) is 22.2 Å². The normalized spacial score (nSPS) is 11.0. The van der Waals surface area contributed by atoms with Gasteiger partial charge >= 0.3 is 0 Å². The highest BCUT2D eigenvalue weighted by Crippen LogP contribution is 2.29. The van der Waals surface area contributed by atoms with E-state index in [-0.39, 0.29) is 18.4 Å². The lowest BCUT2D eigenvalue weighted by molar-refractivity contribution is -0.120. The molecule has 0 spiro atoms. The number of benzene rings is 2. The van der Waals surface area contributed by atoms with Gasteiger partial charge in [0.2, 0.25) is 5.91 Å². The van der Waals surface area contributed by atoms with Crippen LogP contribution >= 0.6 is 15.9 Å². The monoisotopic (exact) mass is 412 g/mol. The van der Waals surface area contributed by atoms with Gasteiger partial charge in [-0.05, 0) is 55.8 Å². The smallest absolute Gasteiger partial charge is 0.224 e. The third-order valence-electron chi connectivity index (χ3n) is 4.00. The standard InChI is InChI=1S/C21H21BrN2O2/c1-13(2)23-20(25)12-16-9-15-10-17(22)7-8-19(15)24-21(16)14-5-4-6-18(11-14)26-3/h4-11,13H,12H2,1-3H3,(H,23,25). The highest BCUT2D eigenvalue weighted by molar-refractivity contribution is 9.10. The van der Waals surface area contributed by atoms with Gasteiger partial charge in [0.25, 0.3) is 0 Å². The fourth-order valence-electron chi connectivity index (χ4n) is 2.89. The first-order valence-corrected chi connectivity index (χ1v) is 9.28. The van der Waals surface area contributed by atoms with Gasteiger partial charge in [-0.2, -0.15) is 0 Å². The van der Waals surface area contributed by atoms with E-state index < -0.39 is 0 Å². The number of nitrogens with zero attached hydrogens (tertiary/aromatic N) is 1. The van der Waals surface area contributed by atoms with Crippen LogP contribution in [-0.4, -0.2) is 24.0 Å². The number of hydrogen-bond donors (Lipinski definition) is 1. The largest absolute Gasteiger partial charge is 0.497 e. The Hall–Kier alpha value is -2.40. The van der Waals surface area contributed by atoms with Crippen LogP contribution in [0.5, 0.6) is 5.75 Å². The third-order valence-corrected chi connectivity index (χ3v) is 4.49. The third kappa shape index (κ3) is 4.22. The second kappa shape index (κ2) is 7.87. The Kier molecular flexibility index (Phi) is 5.57. The minimum absolute atomic E-state index is 0.0136. The van der Waals surface area contributed by atoms with Crippen molar-refractivity contribution in [3.8, 4) is 17.0 Å². The van der Waals surface area contributed by atoms with Crippen LogP contribution < -0.4 is 10.1 Å². The van der Waals surface area contributed by atoms with Crippen molar-refractivity contribution in [2.45, 2.75) is 26.3 Å². The molecule has 2 aromatic carbocycles. The minimum atomic E-state index is -0.0136. The van der Waals surface area contributed by atoms with Crippen molar-refractivity contribution in [2.75, 3.05) is 7.11 Å². The van der Waals surface area contributed by atoms with E-state index in [1.165, 1.54) is 0 Å². The van der Waals surface area contributed by atoms with E-state index in [4.69, 9.17) is 9.72 Å². The number of pyridine rings is 1. The lowest BCUT2D eigenvalue weighted by atomic mass is 10.0. The maximum atomic E-state index is 12.4. The summed E-state index contributed by atoms with van der Waals surface area (Å²) < 4.78 is 6.32. The molecule has 0 aliphatic heterocycles. The molecular formula is C21H21BrN2O2. The number of carbonyl (C=O) groups is 1. The molecule has 1 N–H and O–H groups in total. The first-order chi connectivity index (χ1) is 12.5. The zero-order chi connectivity index (χ0) is 18.7. The van der Waals surface area contributed by atoms with Crippen LogP contribution in [-0.2, 0) is 11.2 Å². The predicted octanol–water partition coefficient (Wildman–Crippen LogP) is 4.74. The number of amides is 1. The van der Waals surface area contributed by atoms with Gasteiger partial charge in [0.1, 0.15) is 5.75 Å². The van der Waals surface area contributed by atoms with Gasteiger partial charge in [0.15, 0.2) is 0 Å². The van der Waals surface area contributed by atoms with Gasteiger partial charge in [-0.15, -0.1) is 0 Å². The number of fused-ring (bicyclic) bond motifs is 1. The van der Waals surface area contributed by atoms with E-state index in [0.717, 1.165) is 37.9 Å². The molecular weight excluding hydrogens is 392 g/mol. The molecule has 1 heterocycles. The molecule has 0 fully saturated rings. The highest BCUT2D eigenvalue weighted by Gasteiger charge is 2.14. The second-order valence-corrected chi connectivity index (χ2v) is 7.38. The van der Waals surface area contributed by atoms with E-state index in [0.29, 0.717) is 0 Å². The van der Waals surface area contributed by atoms with Crippen LogP contribution in [0.4, 0.5) is 0 Å². The van der Waals surface area contributed by atoms with Gasteiger partial charge in [-0.3, -0.25) is 4.79 Å². The molecule has 26 heavy (non-hydrogen) atoms. The van der Waals surface area contributed by atoms with Crippen LogP contribution in [0.2, 0.25) is 0 Å². The van der Waals surface area contributed by atoms with E-state index in [9.17, 15) is 4.79 Å². The van der Waals surface area contributed by atoms with E-state index in [1.54, 1.807) is 7.11 Å². The number of ether oxygens (including phenoxy) is 1. The van der Waals surface area contributed by atoms with Crippen molar-refractivity contribution < 1.29 is 9.53 Å². The summed E-state index contributed by atoms with van der Waals surface area (Å²) in [5.41, 5.74) is 3.51. The number of methoxy groups -OCH3 is 1. The van der Waals surface area contributed by atoms with Gasteiger partial charge in [-0.25, -0.2) is 4.98 Å². The molecule has 0 radical (unpaired) electrons. The SMILES string of the molecule is COc1cccc(-c2nc3ccc(Br)cc3cc2CC(=O)NC(C)C)c1. The summed E-state index contributed by atoms with van der Waals surface area (Å²) in [6, 6.07) is 15.9. The zero-order valence-electron chi connectivity index (χ0n) is 15.0. The molecule has 0 saturated carbocycles. The minimum Gasteiger partial charge on any atom is -0.497 e. The Morgan fingerprint density at radius 2 is 2.00 bits per heavy atom. The molecule has 0 bridgehead atoms. The average molecular weight is 413 g/mol. The van der Waals surface area contributed by atoms with Crippen LogP contribution in [0.3, 0.4) is 0 Å². The number of aromatic nitrogens is 1. The van der Waals surface area contributed by atoms with Crippen LogP contribution in [0, 0.1) is 0 Å². The molecule has 0 aliphatic carbocycles. The number of nitrogens with one attached hydrogen (secondary N) is 1. The van der Waals surface area contributed by atoms with Crippen molar-refractivity contribution in [2.24, 2.45) is 0 Å². The molecule has 0 atom stereocenters. The summed E-state index contributed by atoms with van der Waals surface area (Å²) in [5, 5.41) is 3.95. The van der Waals surface area contributed by atoms with Gasteiger partial charge < -0.3 is 10.1 Å². The summed E-state index contributed by atoms with van der Waals surface area (Å²) in [6.45, 7) is 3.91. The summed E-state index contributed by atoms with van der Waals surface area (Å²) >= 11 is 3.50.